The van der Waals surface area contributed by atoms with Gasteiger partial charge in [0.05, 0.1) is 11.6 Å². The summed E-state index contributed by atoms with van der Waals surface area (Å²) in [6.07, 6.45) is 3.64. The van der Waals surface area contributed by atoms with Crippen molar-refractivity contribution < 1.29 is 4.79 Å². The quantitative estimate of drug-likeness (QED) is 0.467. The van der Waals surface area contributed by atoms with Gasteiger partial charge in [-0.2, -0.15) is 5.26 Å². The van der Waals surface area contributed by atoms with E-state index in [-0.39, 0.29) is 11.3 Å². The van der Waals surface area contributed by atoms with Crippen LogP contribution >= 0.6 is 0 Å². The summed E-state index contributed by atoms with van der Waals surface area (Å²) in [6, 6.07) is 26.8. The van der Waals surface area contributed by atoms with Crippen LogP contribution in [0.15, 0.2) is 72.8 Å². The second-order valence-electron chi connectivity index (χ2n) is 8.55. The number of hydrogen-bond donors (Lipinski definition) is 0. The molecule has 0 amide bonds. The zero-order valence-corrected chi connectivity index (χ0v) is 16.9. The molecular weight excluding hydrogens is 354 g/mol. The van der Waals surface area contributed by atoms with Gasteiger partial charge in [-0.05, 0) is 58.7 Å². The summed E-state index contributed by atoms with van der Waals surface area (Å²) in [5.41, 5.74) is 5.92. The van der Waals surface area contributed by atoms with Crippen LogP contribution in [0.5, 0.6) is 0 Å². The third-order valence-corrected chi connectivity index (χ3v) is 6.19. The molecule has 144 valence electrons. The Morgan fingerprint density at radius 1 is 0.966 bits per heavy atom. The molecule has 1 unspecified atom stereocenters. The molecule has 0 heterocycles. The number of benzene rings is 3. The summed E-state index contributed by atoms with van der Waals surface area (Å²) in [5.74, 6) is 0.490. The Morgan fingerprint density at radius 3 is 2.24 bits per heavy atom. The molecule has 0 N–H and O–H groups in total. The first-order chi connectivity index (χ1) is 14.0. The minimum atomic E-state index is -0.355. The van der Waals surface area contributed by atoms with Crippen molar-refractivity contribution in [3.63, 3.8) is 0 Å². The van der Waals surface area contributed by atoms with Crippen molar-refractivity contribution in [1.29, 1.82) is 5.26 Å². The van der Waals surface area contributed by atoms with Crippen LogP contribution in [0.4, 0.5) is 0 Å². The van der Waals surface area contributed by atoms with E-state index in [1.807, 2.05) is 30.3 Å². The van der Waals surface area contributed by atoms with Crippen LogP contribution in [0, 0.1) is 11.3 Å². The number of aldehydes is 1. The lowest BCUT2D eigenvalue weighted by Gasteiger charge is -2.32. The van der Waals surface area contributed by atoms with E-state index in [4.69, 9.17) is 0 Å². The van der Waals surface area contributed by atoms with Crippen molar-refractivity contribution in [2.75, 3.05) is 0 Å². The second-order valence-corrected chi connectivity index (χ2v) is 8.55. The molecule has 0 aromatic heterocycles. The summed E-state index contributed by atoms with van der Waals surface area (Å²) >= 11 is 0. The normalized spacial score (nSPS) is 14.8. The largest absolute Gasteiger partial charge is 0.303 e. The Labute approximate surface area is 172 Å². The van der Waals surface area contributed by atoms with Gasteiger partial charge in [-0.1, -0.05) is 74.5 Å². The molecule has 29 heavy (non-hydrogen) atoms. The first kappa shape index (κ1) is 19.2. The number of hydrogen-bond acceptors (Lipinski definition) is 2. The summed E-state index contributed by atoms with van der Waals surface area (Å²) in [4.78, 5) is 12.2. The number of carbonyl (C=O) groups is 1. The molecule has 2 nitrogen and oxygen atoms in total. The predicted molar refractivity (Wildman–Crippen MR) is 117 cm³/mol. The number of rotatable bonds is 6. The van der Waals surface area contributed by atoms with Crippen LogP contribution in [0.25, 0.3) is 11.1 Å². The van der Waals surface area contributed by atoms with Crippen LogP contribution in [0.2, 0.25) is 0 Å². The maximum atomic E-state index is 12.2. The van der Waals surface area contributed by atoms with Crippen LogP contribution < -0.4 is 0 Å². The zero-order valence-electron chi connectivity index (χ0n) is 16.9. The first-order valence-electron chi connectivity index (χ1n) is 10.2. The van der Waals surface area contributed by atoms with Gasteiger partial charge in [0.25, 0.3) is 0 Å². The van der Waals surface area contributed by atoms with Crippen LogP contribution in [0.1, 0.15) is 60.8 Å². The molecule has 1 aliphatic rings. The minimum absolute atomic E-state index is 0.226. The van der Waals surface area contributed by atoms with Crippen LogP contribution in [-0.2, 0) is 10.2 Å². The smallest absolute Gasteiger partial charge is 0.128 e. The average Bonchev–Trinajstić information content (AvgIpc) is 3.60. The Balaban J connectivity index is 1.68. The second kappa shape index (κ2) is 7.68. The Hall–Kier alpha value is -3.18. The van der Waals surface area contributed by atoms with Crippen LogP contribution in [0.3, 0.4) is 0 Å². The van der Waals surface area contributed by atoms with Crippen molar-refractivity contribution in [2.45, 2.75) is 43.9 Å². The van der Waals surface area contributed by atoms with E-state index in [2.05, 4.69) is 62.4 Å². The molecule has 1 saturated carbocycles. The molecule has 0 aliphatic heterocycles. The molecule has 1 aliphatic carbocycles. The molecule has 2 heteroatoms. The molecule has 1 atom stereocenters. The molecule has 0 spiro atoms. The highest BCUT2D eigenvalue weighted by Gasteiger charge is 2.33. The van der Waals surface area contributed by atoms with Crippen molar-refractivity contribution >= 4 is 6.29 Å². The van der Waals surface area contributed by atoms with Gasteiger partial charge in [-0.25, -0.2) is 0 Å². The fourth-order valence-corrected chi connectivity index (χ4v) is 4.10. The van der Waals surface area contributed by atoms with Crippen molar-refractivity contribution in [3.05, 3.63) is 95.1 Å². The summed E-state index contributed by atoms with van der Waals surface area (Å²) in [7, 11) is 0. The molecule has 3 aromatic rings. The molecule has 0 saturated heterocycles. The van der Waals surface area contributed by atoms with Gasteiger partial charge >= 0.3 is 0 Å². The maximum Gasteiger partial charge on any atom is 0.128 e. The third kappa shape index (κ3) is 3.87. The van der Waals surface area contributed by atoms with Gasteiger partial charge in [0.2, 0.25) is 0 Å². The molecule has 1 fully saturated rings. The highest BCUT2D eigenvalue weighted by atomic mass is 16.1. The molecule has 0 bridgehead atoms. The molecule has 3 aromatic carbocycles. The Morgan fingerprint density at radius 2 is 1.62 bits per heavy atom. The zero-order chi connectivity index (χ0) is 20.4. The monoisotopic (exact) mass is 379 g/mol. The lowest BCUT2D eigenvalue weighted by Crippen LogP contribution is -2.28. The summed E-state index contributed by atoms with van der Waals surface area (Å²) < 4.78 is 0. The number of nitrogens with zero attached hydrogens (tertiary/aromatic N) is 1. The van der Waals surface area contributed by atoms with Crippen molar-refractivity contribution in [3.8, 4) is 17.2 Å². The van der Waals surface area contributed by atoms with Crippen LogP contribution in [-0.4, -0.2) is 6.29 Å². The maximum absolute atomic E-state index is 12.2. The lowest BCUT2D eigenvalue weighted by atomic mass is 9.70. The van der Waals surface area contributed by atoms with E-state index in [1.165, 1.54) is 18.4 Å². The lowest BCUT2D eigenvalue weighted by molar-refractivity contribution is -0.110. The summed E-state index contributed by atoms with van der Waals surface area (Å²) in [6.45, 7) is 4.26. The van der Waals surface area contributed by atoms with E-state index in [0.717, 1.165) is 28.5 Å². The number of nitriles is 1. The predicted octanol–water partition coefficient (Wildman–Crippen LogP) is 6.36. The van der Waals surface area contributed by atoms with Gasteiger partial charge in [0.15, 0.2) is 0 Å². The third-order valence-electron chi connectivity index (χ3n) is 6.19. The fraction of sp³-hybridized carbons (Fsp3) is 0.259. The highest BCUT2D eigenvalue weighted by molar-refractivity contribution is 5.69. The van der Waals surface area contributed by atoms with E-state index in [9.17, 15) is 10.1 Å². The minimum Gasteiger partial charge on any atom is -0.303 e. The van der Waals surface area contributed by atoms with Gasteiger partial charge in [0, 0.05) is 11.3 Å². The van der Waals surface area contributed by atoms with E-state index < -0.39 is 0 Å². The Bertz CT molecular complexity index is 1070. The average molecular weight is 380 g/mol. The highest BCUT2D eigenvalue weighted by Crippen LogP contribution is 2.42. The summed E-state index contributed by atoms with van der Waals surface area (Å²) in [5, 5.41) is 9.19. The fourth-order valence-electron chi connectivity index (χ4n) is 4.10. The Kier molecular flexibility index (Phi) is 5.07. The van der Waals surface area contributed by atoms with Crippen molar-refractivity contribution in [2.24, 2.45) is 0 Å². The van der Waals surface area contributed by atoms with Gasteiger partial charge < -0.3 is 4.79 Å². The van der Waals surface area contributed by atoms with E-state index in [1.54, 1.807) is 0 Å². The number of carbonyl (C=O) groups excluding carboxylic acids is 1. The molecule has 4 rings (SSSR count). The topological polar surface area (TPSA) is 40.9 Å². The SMILES string of the molecule is CC(C)(c1cccc(-c2cccc(C#N)c2)c1)C(C=O)c1ccc(C2CC2)cc1. The van der Waals surface area contributed by atoms with Gasteiger partial charge in [0.1, 0.15) is 6.29 Å². The van der Waals surface area contributed by atoms with Gasteiger partial charge in [-0.3, -0.25) is 0 Å². The standard InChI is InChI=1S/C27H25NO/c1-27(2,26(18-29)22-13-11-21(12-14-22)20-9-10-20)25-8-4-7-24(16-25)23-6-3-5-19(15-23)17-28/h3-8,11-16,18,20,26H,9-10H2,1-2H3. The van der Waals surface area contributed by atoms with E-state index in [0.29, 0.717) is 11.5 Å². The first-order valence-corrected chi connectivity index (χ1v) is 10.2. The molecule has 0 radical (unpaired) electrons. The van der Waals surface area contributed by atoms with Crippen molar-refractivity contribution in [1.82, 2.24) is 0 Å². The van der Waals surface area contributed by atoms with E-state index >= 15 is 0 Å². The van der Waals surface area contributed by atoms with Gasteiger partial charge in [-0.15, -0.1) is 0 Å². The molecular formula is C27H25NO.